The van der Waals surface area contributed by atoms with E-state index < -0.39 is 5.60 Å². The fourth-order valence-corrected chi connectivity index (χ4v) is 4.75. The standard InChI is InChI=1S/C28H33NO4/c1-31-24-14-10-22(11-15-24)28(21-7-4-3-5-8-21,23-12-16-25(32-2)17-13-23)33-27(18-20-30)26-9-6-19-29-26/h3-5,7-8,10-17,26-27,29-30H,6,9,18-20H2,1-2H3. The number of rotatable bonds is 10. The van der Waals surface area contributed by atoms with Gasteiger partial charge in [-0.25, -0.2) is 0 Å². The minimum absolute atomic E-state index is 0.0684. The van der Waals surface area contributed by atoms with Crippen molar-refractivity contribution >= 4 is 0 Å². The van der Waals surface area contributed by atoms with Gasteiger partial charge in [-0.05, 0) is 66.8 Å². The van der Waals surface area contributed by atoms with Crippen LogP contribution in [0, 0.1) is 0 Å². The van der Waals surface area contributed by atoms with Crippen LogP contribution in [0.1, 0.15) is 36.0 Å². The van der Waals surface area contributed by atoms with E-state index in [4.69, 9.17) is 14.2 Å². The minimum atomic E-state index is -0.871. The average Bonchev–Trinajstić information content (AvgIpc) is 3.42. The number of ether oxygens (including phenoxy) is 3. The lowest BCUT2D eigenvalue weighted by atomic mass is 9.79. The highest BCUT2D eigenvalue weighted by atomic mass is 16.5. The van der Waals surface area contributed by atoms with Gasteiger partial charge in [-0.15, -0.1) is 0 Å². The fraction of sp³-hybridized carbons (Fsp3) is 0.357. The Labute approximate surface area is 196 Å². The Kier molecular flexibility index (Phi) is 7.65. The molecule has 3 aromatic carbocycles. The molecule has 5 nitrogen and oxygen atoms in total. The van der Waals surface area contributed by atoms with Gasteiger partial charge in [0.15, 0.2) is 0 Å². The minimum Gasteiger partial charge on any atom is -0.497 e. The second-order valence-electron chi connectivity index (χ2n) is 8.38. The van der Waals surface area contributed by atoms with Crippen LogP contribution in [-0.2, 0) is 10.3 Å². The van der Waals surface area contributed by atoms with E-state index in [2.05, 4.69) is 41.7 Å². The molecule has 0 amide bonds. The Hall–Kier alpha value is -2.86. The molecule has 3 aromatic rings. The van der Waals surface area contributed by atoms with Crippen LogP contribution in [-0.4, -0.2) is 44.6 Å². The summed E-state index contributed by atoms with van der Waals surface area (Å²) in [6.45, 7) is 1.04. The van der Waals surface area contributed by atoms with Crippen molar-refractivity contribution in [2.75, 3.05) is 27.4 Å². The normalized spacial score (nSPS) is 17.0. The van der Waals surface area contributed by atoms with Crippen LogP contribution in [0.4, 0.5) is 0 Å². The van der Waals surface area contributed by atoms with Crippen molar-refractivity contribution in [2.45, 2.75) is 37.0 Å². The van der Waals surface area contributed by atoms with Gasteiger partial charge in [0.05, 0.1) is 20.3 Å². The molecule has 0 aromatic heterocycles. The molecule has 1 heterocycles. The first-order valence-corrected chi connectivity index (χ1v) is 11.6. The zero-order valence-electron chi connectivity index (χ0n) is 19.4. The number of aliphatic hydroxyl groups excluding tert-OH is 1. The van der Waals surface area contributed by atoms with Gasteiger partial charge in [0, 0.05) is 12.6 Å². The molecule has 1 saturated heterocycles. The van der Waals surface area contributed by atoms with Crippen molar-refractivity contribution in [1.82, 2.24) is 5.32 Å². The van der Waals surface area contributed by atoms with E-state index in [-0.39, 0.29) is 18.8 Å². The van der Waals surface area contributed by atoms with Crippen LogP contribution in [0.5, 0.6) is 11.5 Å². The summed E-state index contributed by atoms with van der Waals surface area (Å²) in [6, 6.07) is 26.6. The molecule has 33 heavy (non-hydrogen) atoms. The summed E-state index contributed by atoms with van der Waals surface area (Å²) in [7, 11) is 3.34. The van der Waals surface area contributed by atoms with Crippen LogP contribution >= 0.6 is 0 Å². The van der Waals surface area contributed by atoms with E-state index in [1.165, 1.54) is 0 Å². The van der Waals surface area contributed by atoms with Crippen molar-refractivity contribution in [2.24, 2.45) is 0 Å². The van der Waals surface area contributed by atoms with Crippen molar-refractivity contribution < 1.29 is 19.3 Å². The van der Waals surface area contributed by atoms with Gasteiger partial charge >= 0.3 is 0 Å². The van der Waals surface area contributed by atoms with E-state index >= 15 is 0 Å². The maximum atomic E-state index is 9.90. The Morgan fingerprint density at radius 2 is 1.39 bits per heavy atom. The van der Waals surface area contributed by atoms with Gasteiger partial charge in [0.2, 0.25) is 0 Å². The van der Waals surface area contributed by atoms with Crippen LogP contribution < -0.4 is 14.8 Å². The zero-order chi connectivity index (χ0) is 23.1. The first-order chi connectivity index (χ1) is 16.2. The molecule has 1 fully saturated rings. The number of hydrogen-bond donors (Lipinski definition) is 2. The van der Waals surface area contributed by atoms with Gasteiger partial charge in [0.1, 0.15) is 17.1 Å². The number of methoxy groups -OCH3 is 2. The quantitative estimate of drug-likeness (QED) is 0.448. The lowest BCUT2D eigenvalue weighted by molar-refractivity contribution is -0.0700. The summed E-state index contributed by atoms with van der Waals surface area (Å²) in [5.41, 5.74) is 2.16. The number of hydrogen-bond acceptors (Lipinski definition) is 5. The summed E-state index contributed by atoms with van der Waals surface area (Å²) >= 11 is 0. The molecule has 0 bridgehead atoms. The van der Waals surface area contributed by atoms with E-state index in [1.54, 1.807) is 14.2 Å². The zero-order valence-corrected chi connectivity index (χ0v) is 19.4. The molecule has 5 heteroatoms. The number of aliphatic hydroxyl groups is 1. The third-order valence-corrected chi connectivity index (χ3v) is 6.46. The molecule has 2 atom stereocenters. The van der Waals surface area contributed by atoms with Gasteiger partial charge in [-0.2, -0.15) is 0 Å². The smallest absolute Gasteiger partial charge is 0.144 e. The molecule has 2 N–H and O–H groups in total. The van der Waals surface area contributed by atoms with Crippen LogP contribution in [0.2, 0.25) is 0 Å². The molecule has 0 radical (unpaired) electrons. The maximum Gasteiger partial charge on any atom is 0.144 e. The highest BCUT2D eigenvalue weighted by Gasteiger charge is 2.42. The molecule has 0 aliphatic carbocycles. The summed E-state index contributed by atoms with van der Waals surface area (Å²) in [5, 5.41) is 13.5. The largest absolute Gasteiger partial charge is 0.497 e. The predicted octanol–water partition coefficient (Wildman–Crippen LogP) is 4.52. The predicted molar refractivity (Wildman–Crippen MR) is 130 cm³/mol. The third kappa shape index (κ3) is 4.91. The van der Waals surface area contributed by atoms with Crippen molar-refractivity contribution in [1.29, 1.82) is 0 Å². The number of nitrogens with one attached hydrogen (secondary N) is 1. The lowest BCUT2D eigenvalue weighted by Gasteiger charge is -2.40. The van der Waals surface area contributed by atoms with E-state index in [9.17, 15) is 5.11 Å². The van der Waals surface area contributed by atoms with Gasteiger partial charge in [-0.1, -0.05) is 54.6 Å². The SMILES string of the molecule is COc1ccc(C(OC(CCO)C2CCCN2)(c2ccccc2)c2ccc(OC)cc2)cc1. The van der Waals surface area contributed by atoms with E-state index in [1.807, 2.05) is 42.5 Å². The van der Waals surface area contributed by atoms with Crippen molar-refractivity contribution in [3.05, 3.63) is 95.6 Å². The highest BCUT2D eigenvalue weighted by Crippen LogP contribution is 2.43. The highest BCUT2D eigenvalue weighted by molar-refractivity contribution is 5.49. The van der Waals surface area contributed by atoms with Gasteiger partial charge in [0.25, 0.3) is 0 Å². The Bertz CT molecular complexity index is 935. The lowest BCUT2D eigenvalue weighted by Crippen LogP contribution is -2.45. The summed E-state index contributed by atoms with van der Waals surface area (Å²) in [5.74, 6) is 1.58. The van der Waals surface area contributed by atoms with Gasteiger partial charge < -0.3 is 24.6 Å². The molecule has 2 unspecified atom stereocenters. The second-order valence-corrected chi connectivity index (χ2v) is 8.38. The van der Waals surface area contributed by atoms with E-state index in [0.717, 1.165) is 47.6 Å². The Morgan fingerprint density at radius 3 is 1.85 bits per heavy atom. The van der Waals surface area contributed by atoms with E-state index in [0.29, 0.717) is 6.42 Å². The summed E-state index contributed by atoms with van der Waals surface area (Å²) in [4.78, 5) is 0. The molecule has 0 spiro atoms. The number of benzene rings is 3. The average molecular weight is 448 g/mol. The topological polar surface area (TPSA) is 60.0 Å². The Morgan fingerprint density at radius 1 is 0.848 bits per heavy atom. The van der Waals surface area contributed by atoms with Crippen LogP contribution in [0.3, 0.4) is 0 Å². The monoisotopic (exact) mass is 447 g/mol. The molecule has 4 rings (SSSR count). The molecular weight excluding hydrogens is 414 g/mol. The fourth-order valence-electron chi connectivity index (χ4n) is 4.75. The first-order valence-electron chi connectivity index (χ1n) is 11.6. The van der Waals surface area contributed by atoms with Crippen molar-refractivity contribution in [3.63, 3.8) is 0 Å². The van der Waals surface area contributed by atoms with Gasteiger partial charge in [-0.3, -0.25) is 0 Å². The molecule has 1 aliphatic rings. The summed E-state index contributed by atoms with van der Waals surface area (Å²) < 4.78 is 18.0. The summed E-state index contributed by atoms with van der Waals surface area (Å²) in [6.07, 6.45) is 2.53. The molecule has 0 saturated carbocycles. The maximum absolute atomic E-state index is 9.90. The van der Waals surface area contributed by atoms with Crippen LogP contribution in [0.25, 0.3) is 0 Å². The first kappa shape index (κ1) is 23.3. The molecular formula is C28H33NO4. The molecule has 1 aliphatic heterocycles. The third-order valence-electron chi connectivity index (χ3n) is 6.46. The molecule has 174 valence electrons. The Balaban J connectivity index is 1.91. The van der Waals surface area contributed by atoms with Crippen LogP contribution in [0.15, 0.2) is 78.9 Å². The second kappa shape index (κ2) is 10.8. The van der Waals surface area contributed by atoms with Crippen molar-refractivity contribution in [3.8, 4) is 11.5 Å².